The van der Waals surface area contributed by atoms with Crippen LogP contribution in [-0.4, -0.2) is 42.6 Å². The van der Waals surface area contributed by atoms with Crippen LogP contribution >= 0.6 is 11.6 Å². The Morgan fingerprint density at radius 3 is 2.39 bits per heavy atom. The summed E-state index contributed by atoms with van der Waals surface area (Å²) in [5.41, 5.74) is -0.325. The molecule has 1 saturated heterocycles. The van der Waals surface area contributed by atoms with E-state index in [1.165, 1.54) is 24.3 Å². The Hall–Kier alpha value is -2.47. The number of nitrogens with zero attached hydrogens (tertiary/aromatic N) is 3. The molecular weight excluding hydrogens is 481 g/mol. The quantitative estimate of drug-likeness (QED) is 0.541. The van der Waals surface area contributed by atoms with Gasteiger partial charge < -0.3 is 4.52 Å². The van der Waals surface area contributed by atoms with Gasteiger partial charge in [-0.1, -0.05) is 41.0 Å². The van der Waals surface area contributed by atoms with E-state index in [1.807, 2.05) is 4.90 Å². The number of halogens is 4. The lowest BCUT2D eigenvalue weighted by atomic mass is 10.1. The minimum Gasteiger partial charge on any atom is -0.338 e. The third kappa shape index (κ3) is 5.72. The summed E-state index contributed by atoms with van der Waals surface area (Å²) in [4.78, 5) is 6.36. The molecule has 1 aromatic heterocycles. The summed E-state index contributed by atoms with van der Waals surface area (Å²) in [6, 6.07) is 10.6. The summed E-state index contributed by atoms with van der Waals surface area (Å²) in [6.45, 7) is 1.57. The van der Waals surface area contributed by atoms with Crippen molar-refractivity contribution in [2.75, 3.05) is 13.1 Å². The molecule has 1 aliphatic heterocycles. The molecule has 2 heterocycles. The predicted octanol–water partition coefficient (Wildman–Crippen LogP) is 4.35. The zero-order chi connectivity index (χ0) is 23.6. The van der Waals surface area contributed by atoms with Gasteiger partial charge in [-0.25, -0.2) is 13.1 Å². The predicted molar refractivity (Wildman–Crippen MR) is 115 cm³/mol. The van der Waals surface area contributed by atoms with E-state index in [9.17, 15) is 21.6 Å². The number of alkyl halides is 3. The van der Waals surface area contributed by atoms with Crippen molar-refractivity contribution >= 4 is 21.6 Å². The highest BCUT2D eigenvalue weighted by Gasteiger charge is 2.30. The van der Waals surface area contributed by atoms with Crippen molar-refractivity contribution in [2.24, 2.45) is 0 Å². The van der Waals surface area contributed by atoms with Crippen LogP contribution in [0.2, 0.25) is 5.02 Å². The molecule has 4 rings (SSSR count). The first kappa shape index (κ1) is 23.7. The Morgan fingerprint density at radius 1 is 1.09 bits per heavy atom. The average molecular weight is 501 g/mol. The lowest BCUT2D eigenvalue weighted by Crippen LogP contribution is -2.44. The van der Waals surface area contributed by atoms with Crippen molar-refractivity contribution in [1.29, 1.82) is 0 Å². The van der Waals surface area contributed by atoms with E-state index >= 15 is 0 Å². The van der Waals surface area contributed by atoms with Gasteiger partial charge in [0.05, 0.1) is 17.1 Å². The van der Waals surface area contributed by atoms with Crippen molar-refractivity contribution < 1.29 is 26.1 Å². The molecule has 0 atom stereocenters. The fourth-order valence-electron chi connectivity index (χ4n) is 3.59. The van der Waals surface area contributed by atoms with Crippen LogP contribution in [0.3, 0.4) is 0 Å². The molecule has 1 N–H and O–H groups in total. The molecule has 0 radical (unpaired) electrons. The highest BCUT2D eigenvalue weighted by molar-refractivity contribution is 7.89. The van der Waals surface area contributed by atoms with E-state index in [4.69, 9.17) is 16.1 Å². The Balaban J connectivity index is 1.32. The number of nitrogens with one attached hydrogen (secondary N) is 1. The number of sulfonamides is 1. The second-order valence-corrected chi connectivity index (χ2v) is 9.78. The zero-order valence-electron chi connectivity index (χ0n) is 17.2. The molecule has 12 heteroatoms. The summed E-state index contributed by atoms with van der Waals surface area (Å²) >= 11 is 6.01. The molecule has 3 aromatic rings. The molecular formula is C21H20ClF3N4O3S. The molecule has 1 aliphatic rings. The van der Waals surface area contributed by atoms with E-state index in [-0.39, 0.29) is 21.8 Å². The van der Waals surface area contributed by atoms with E-state index < -0.39 is 21.8 Å². The van der Waals surface area contributed by atoms with Gasteiger partial charge >= 0.3 is 6.18 Å². The molecule has 7 nitrogen and oxygen atoms in total. The van der Waals surface area contributed by atoms with Crippen molar-refractivity contribution in [1.82, 2.24) is 19.8 Å². The minimum atomic E-state index is -4.41. The molecule has 1 fully saturated rings. The number of piperidine rings is 1. The van der Waals surface area contributed by atoms with E-state index in [2.05, 4.69) is 14.9 Å². The molecule has 0 aliphatic carbocycles. The summed E-state index contributed by atoms with van der Waals surface area (Å²) in [5.74, 6) is 0.543. The first-order valence-corrected chi connectivity index (χ1v) is 12.0. The fraction of sp³-hybridized carbons (Fsp3) is 0.333. The molecule has 0 saturated carbocycles. The maximum atomic E-state index is 12.7. The van der Waals surface area contributed by atoms with Crippen LogP contribution in [0.1, 0.15) is 24.3 Å². The normalized spacial score (nSPS) is 16.2. The van der Waals surface area contributed by atoms with Gasteiger partial charge in [-0.15, -0.1) is 0 Å². The number of hydrogen-bond donors (Lipinski definition) is 1. The van der Waals surface area contributed by atoms with Crippen molar-refractivity contribution in [3.05, 3.63) is 65.0 Å². The summed E-state index contributed by atoms with van der Waals surface area (Å²) in [5, 5.41) is 4.02. The smallest absolute Gasteiger partial charge is 0.338 e. The molecule has 0 spiro atoms. The average Bonchev–Trinajstić information content (AvgIpc) is 3.23. The molecule has 33 heavy (non-hydrogen) atoms. The van der Waals surface area contributed by atoms with Gasteiger partial charge in [0.2, 0.25) is 21.7 Å². The molecule has 0 unspecified atom stereocenters. The number of aromatic nitrogens is 2. The Kier molecular flexibility index (Phi) is 6.76. The van der Waals surface area contributed by atoms with Crippen LogP contribution in [-0.2, 0) is 22.7 Å². The van der Waals surface area contributed by atoms with Gasteiger partial charge in [-0.3, -0.25) is 4.90 Å². The second-order valence-electron chi connectivity index (χ2n) is 7.69. The summed E-state index contributed by atoms with van der Waals surface area (Å²) < 4.78 is 71.3. The van der Waals surface area contributed by atoms with Gasteiger partial charge in [-0.2, -0.15) is 18.2 Å². The van der Waals surface area contributed by atoms with Crippen LogP contribution in [0.4, 0.5) is 13.2 Å². The Labute approximate surface area is 193 Å². The standard InChI is InChI=1S/C21H20ClF3N4O3S/c22-17-3-1-2-4-18(17)33(30,31)28-16-9-11-29(12-10-16)13-19-26-20(27-32-19)14-5-7-15(8-6-14)21(23,24)25/h1-8,16,28H,9-13H2. The van der Waals surface area contributed by atoms with Crippen molar-refractivity contribution in [3.8, 4) is 11.4 Å². The third-order valence-electron chi connectivity index (χ3n) is 5.33. The Morgan fingerprint density at radius 2 is 1.76 bits per heavy atom. The monoisotopic (exact) mass is 500 g/mol. The van der Waals surface area contributed by atoms with Gasteiger partial charge in [-0.05, 0) is 37.1 Å². The lowest BCUT2D eigenvalue weighted by molar-refractivity contribution is -0.137. The van der Waals surface area contributed by atoms with Crippen LogP contribution in [0.15, 0.2) is 57.9 Å². The second kappa shape index (κ2) is 9.41. The van der Waals surface area contributed by atoms with Crippen LogP contribution < -0.4 is 4.72 Å². The van der Waals surface area contributed by atoms with E-state index in [0.29, 0.717) is 43.9 Å². The van der Waals surface area contributed by atoms with Crippen LogP contribution in [0, 0.1) is 0 Å². The van der Waals surface area contributed by atoms with Crippen LogP contribution in [0.25, 0.3) is 11.4 Å². The number of likely N-dealkylation sites (tertiary alicyclic amines) is 1. The minimum absolute atomic E-state index is 0.0516. The lowest BCUT2D eigenvalue weighted by Gasteiger charge is -2.31. The Bertz CT molecular complexity index is 1210. The summed E-state index contributed by atoms with van der Waals surface area (Å²) in [7, 11) is -3.72. The van der Waals surface area contributed by atoms with Gasteiger partial charge in [0.25, 0.3) is 0 Å². The van der Waals surface area contributed by atoms with Crippen LogP contribution in [0.5, 0.6) is 0 Å². The van der Waals surface area contributed by atoms with Crippen molar-refractivity contribution in [2.45, 2.75) is 36.5 Å². The molecule has 0 amide bonds. The largest absolute Gasteiger partial charge is 0.416 e. The highest BCUT2D eigenvalue weighted by Crippen LogP contribution is 2.30. The van der Waals surface area contributed by atoms with Gasteiger partial charge in [0.1, 0.15) is 4.90 Å². The van der Waals surface area contributed by atoms with Crippen molar-refractivity contribution in [3.63, 3.8) is 0 Å². The van der Waals surface area contributed by atoms with Gasteiger partial charge in [0, 0.05) is 24.7 Å². The first-order valence-electron chi connectivity index (χ1n) is 10.1. The van der Waals surface area contributed by atoms with E-state index in [0.717, 1.165) is 12.1 Å². The number of hydrogen-bond acceptors (Lipinski definition) is 6. The van der Waals surface area contributed by atoms with Gasteiger partial charge in [0.15, 0.2) is 0 Å². The molecule has 2 aromatic carbocycles. The number of benzene rings is 2. The molecule has 176 valence electrons. The number of rotatable bonds is 6. The maximum Gasteiger partial charge on any atom is 0.416 e. The SMILES string of the molecule is O=S(=O)(NC1CCN(Cc2nc(-c3ccc(C(F)(F)F)cc3)no2)CC1)c1ccccc1Cl. The third-order valence-corrected chi connectivity index (χ3v) is 7.35. The summed E-state index contributed by atoms with van der Waals surface area (Å²) in [6.07, 6.45) is -3.23. The zero-order valence-corrected chi connectivity index (χ0v) is 18.8. The fourth-order valence-corrected chi connectivity index (χ4v) is 5.41. The van der Waals surface area contributed by atoms with E-state index in [1.54, 1.807) is 12.1 Å². The highest BCUT2D eigenvalue weighted by atomic mass is 35.5. The molecule has 0 bridgehead atoms. The maximum absolute atomic E-state index is 12.7. The topological polar surface area (TPSA) is 88.3 Å². The first-order chi connectivity index (χ1) is 15.6.